The molecule has 0 aromatic carbocycles. The molecule has 0 saturated carbocycles. The number of nitrogens with one attached hydrogen (secondary N) is 1. The van der Waals surface area contributed by atoms with Gasteiger partial charge < -0.3 is 5.32 Å². The van der Waals surface area contributed by atoms with E-state index in [4.69, 9.17) is 0 Å². The van der Waals surface area contributed by atoms with Gasteiger partial charge in [0.1, 0.15) is 0 Å². The highest BCUT2D eigenvalue weighted by Crippen LogP contribution is 2.27. The fourth-order valence-corrected chi connectivity index (χ4v) is 4.14. The zero-order valence-corrected chi connectivity index (χ0v) is 13.9. The molecule has 1 saturated heterocycles. The van der Waals surface area contributed by atoms with Crippen LogP contribution in [0.2, 0.25) is 0 Å². The van der Waals surface area contributed by atoms with Crippen LogP contribution in [-0.4, -0.2) is 29.6 Å². The van der Waals surface area contributed by atoms with Gasteiger partial charge in [-0.2, -0.15) is 0 Å². The summed E-state index contributed by atoms with van der Waals surface area (Å²) in [4.78, 5) is 4.08. The molecule has 0 spiro atoms. The van der Waals surface area contributed by atoms with Crippen LogP contribution in [0.25, 0.3) is 0 Å². The van der Waals surface area contributed by atoms with Crippen LogP contribution < -0.4 is 5.32 Å². The van der Waals surface area contributed by atoms with Crippen molar-refractivity contribution in [1.29, 1.82) is 0 Å². The molecule has 2 heterocycles. The van der Waals surface area contributed by atoms with E-state index in [1.807, 2.05) is 11.3 Å². The Morgan fingerprint density at radius 1 is 1.50 bits per heavy atom. The van der Waals surface area contributed by atoms with Crippen molar-refractivity contribution in [3.8, 4) is 0 Å². The minimum atomic E-state index is 0.320. The Morgan fingerprint density at radius 3 is 2.78 bits per heavy atom. The molecule has 1 aromatic heterocycles. The van der Waals surface area contributed by atoms with Crippen molar-refractivity contribution < 1.29 is 0 Å². The van der Waals surface area contributed by atoms with Gasteiger partial charge in [-0.25, -0.2) is 0 Å². The lowest BCUT2D eigenvalue weighted by Crippen LogP contribution is -2.62. The second-order valence-corrected chi connectivity index (χ2v) is 7.27. The molecule has 0 aliphatic carbocycles. The quantitative estimate of drug-likeness (QED) is 0.901. The Labute approximate surface area is 123 Å². The summed E-state index contributed by atoms with van der Waals surface area (Å²) in [6.07, 6.45) is 2.42. The topological polar surface area (TPSA) is 15.3 Å². The van der Waals surface area contributed by atoms with Gasteiger partial charge in [0, 0.05) is 45.9 Å². The average molecular weight is 331 g/mol. The molecule has 18 heavy (non-hydrogen) atoms. The second kappa shape index (κ2) is 6.04. The number of rotatable bonds is 4. The summed E-state index contributed by atoms with van der Waals surface area (Å²) in [5.41, 5.74) is 0.320. The molecule has 1 atom stereocenters. The van der Waals surface area contributed by atoms with Crippen LogP contribution in [0.1, 0.15) is 38.5 Å². The van der Waals surface area contributed by atoms with Gasteiger partial charge in [0.15, 0.2) is 0 Å². The number of nitrogens with zero attached hydrogens (tertiary/aromatic N) is 1. The maximum absolute atomic E-state index is 3.76. The van der Waals surface area contributed by atoms with Gasteiger partial charge in [0.2, 0.25) is 0 Å². The van der Waals surface area contributed by atoms with Crippen molar-refractivity contribution in [2.75, 3.05) is 13.1 Å². The molecule has 4 heteroatoms. The van der Waals surface area contributed by atoms with Crippen LogP contribution in [0, 0.1) is 0 Å². The van der Waals surface area contributed by atoms with Gasteiger partial charge in [-0.1, -0.05) is 13.8 Å². The van der Waals surface area contributed by atoms with E-state index < -0.39 is 0 Å². The number of piperazine rings is 1. The Kier molecular flexibility index (Phi) is 4.86. The molecule has 0 radical (unpaired) electrons. The molecule has 0 bridgehead atoms. The zero-order chi connectivity index (χ0) is 13.2. The van der Waals surface area contributed by atoms with Crippen molar-refractivity contribution in [2.45, 2.75) is 51.7 Å². The maximum atomic E-state index is 3.76. The van der Waals surface area contributed by atoms with E-state index in [-0.39, 0.29) is 0 Å². The van der Waals surface area contributed by atoms with Crippen LogP contribution in [0.5, 0.6) is 0 Å². The third-order valence-electron chi connectivity index (χ3n) is 4.24. The third kappa shape index (κ3) is 3.16. The van der Waals surface area contributed by atoms with Crippen LogP contribution in [0.3, 0.4) is 0 Å². The van der Waals surface area contributed by atoms with Gasteiger partial charge in [0.05, 0.1) is 0 Å². The van der Waals surface area contributed by atoms with Crippen molar-refractivity contribution >= 4 is 27.3 Å². The predicted molar refractivity (Wildman–Crippen MR) is 83.2 cm³/mol. The summed E-state index contributed by atoms with van der Waals surface area (Å²) >= 11 is 5.39. The van der Waals surface area contributed by atoms with E-state index >= 15 is 0 Å². The minimum Gasteiger partial charge on any atom is -0.308 e. The van der Waals surface area contributed by atoms with Crippen molar-refractivity contribution in [3.63, 3.8) is 0 Å². The lowest BCUT2D eigenvalue weighted by molar-refractivity contribution is 0.0754. The molecule has 1 aromatic rings. The van der Waals surface area contributed by atoms with Gasteiger partial charge in [0.25, 0.3) is 0 Å². The fraction of sp³-hybridized carbons (Fsp3) is 0.714. The summed E-state index contributed by atoms with van der Waals surface area (Å²) in [6.45, 7) is 10.3. The van der Waals surface area contributed by atoms with E-state index in [2.05, 4.69) is 58.4 Å². The van der Waals surface area contributed by atoms with E-state index in [1.54, 1.807) is 0 Å². The first-order chi connectivity index (χ1) is 8.58. The van der Waals surface area contributed by atoms with E-state index in [1.165, 1.54) is 22.2 Å². The summed E-state index contributed by atoms with van der Waals surface area (Å²) in [5, 5.41) is 5.93. The molecule has 1 N–H and O–H groups in total. The van der Waals surface area contributed by atoms with Crippen LogP contribution in [0.4, 0.5) is 0 Å². The molecule has 102 valence electrons. The Morgan fingerprint density at radius 2 is 2.22 bits per heavy atom. The number of halogens is 1. The highest BCUT2D eigenvalue weighted by atomic mass is 79.9. The molecule has 0 amide bonds. The van der Waals surface area contributed by atoms with Crippen molar-refractivity contribution in [3.05, 3.63) is 20.8 Å². The largest absolute Gasteiger partial charge is 0.308 e. The summed E-state index contributed by atoms with van der Waals surface area (Å²) < 4.78 is 1.21. The average Bonchev–Trinajstić information content (AvgIpc) is 2.78. The number of hydrogen-bond acceptors (Lipinski definition) is 3. The van der Waals surface area contributed by atoms with Gasteiger partial charge in [-0.15, -0.1) is 11.3 Å². The highest BCUT2D eigenvalue weighted by Gasteiger charge is 2.34. The van der Waals surface area contributed by atoms with E-state index in [9.17, 15) is 0 Å². The smallest absolute Gasteiger partial charge is 0.0332 e. The van der Waals surface area contributed by atoms with E-state index in [0.29, 0.717) is 11.6 Å². The number of thiophene rings is 1. The van der Waals surface area contributed by atoms with Crippen molar-refractivity contribution in [2.24, 2.45) is 0 Å². The van der Waals surface area contributed by atoms with Crippen LogP contribution >= 0.6 is 27.3 Å². The van der Waals surface area contributed by atoms with Crippen LogP contribution in [0.15, 0.2) is 15.9 Å². The monoisotopic (exact) mass is 330 g/mol. The highest BCUT2D eigenvalue weighted by molar-refractivity contribution is 9.10. The molecule has 1 aliphatic heterocycles. The van der Waals surface area contributed by atoms with Gasteiger partial charge >= 0.3 is 0 Å². The Balaban J connectivity index is 2.05. The second-order valence-electron chi connectivity index (χ2n) is 5.35. The summed E-state index contributed by atoms with van der Waals surface area (Å²) in [5.74, 6) is 0. The summed E-state index contributed by atoms with van der Waals surface area (Å²) in [7, 11) is 0. The first-order valence-corrected chi connectivity index (χ1v) is 8.48. The first-order valence-electron chi connectivity index (χ1n) is 6.80. The minimum absolute atomic E-state index is 0.320. The molecule has 1 aliphatic rings. The fourth-order valence-electron chi connectivity index (χ4n) is 2.67. The molecular formula is C14H23BrN2S. The maximum Gasteiger partial charge on any atom is 0.0332 e. The Hall–Kier alpha value is 0.1000. The van der Waals surface area contributed by atoms with Gasteiger partial charge in [-0.05, 0) is 41.8 Å². The SMILES string of the molecule is CCC1(CC)CN(Cc2cc(Br)cs2)C(C)CN1. The molecule has 1 unspecified atom stereocenters. The normalized spacial score (nSPS) is 24.3. The van der Waals surface area contributed by atoms with Crippen LogP contribution in [-0.2, 0) is 6.54 Å². The molecule has 2 nitrogen and oxygen atoms in total. The number of hydrogen-bond donors (Lipinski definition) is 1. The van der Waals surface area contributed by atoms with Crippen molar-refractivity contribution in [1.82, 2.24) is 10.2 Å². The Bertz CT molecular complexity index is 387. The first kappa shape index (κ1) is 14.5. The lowest BCUT2D eigenvalue weighted by Gasteiger charge is -2.46. The zero-order valence-electron chi connectivity index (χ0n) is 11.5. The third-order valence-corrected chi connectivity index (χ3v) is 5.92. The molecular weight excluding hydrogens is 308 g/mol. The predicted octanol–water partition coefficient (Wildman–Crippen LogP) is 3.86. The standard InChI is InChI=1S/C14H23BrN2S/c1-4-14(5-2)10-17(11(3)7-16-14)8-13-6-12(15)9-18-13/h6,9,11,16H,4-5,7-8,10H2,1-3H3. The van der Waals surface area contributed by atoms with Gasteiger partial charge in [-0.3, -0.25) is 4.90 Å². The molecule has 2 rings (SSSR count). The van der Waals surface area contributed by atoms with E-state index in [0.717, 1.165) is 19.6 Å². The lowest BCUT2D eigenvalue weighted by atomic mass is 9.89. The summed E-state index contributed by atoms with van der Waals surface area (Å²) in [6, 6.07) is 2.87. The molecule has 1 fully saturated rings.